The van der Waals surface area contributed by atoms with Crippen LogP contribution in [0.1, 0.15) is 40.5 Å². The number of nitrogens with two attached hydrogens (primary N) is 1. The van der Waals surface area contributed by atoms with E-state index in [1.807, 2.05) is 20.8 Å². The van der Waals surface area contributed by atoms with E-state index in [-0.39, 0.29) is 11.9 Å². The number of amides is 1. The number of morpholine rings is 1. The Morgan fingerprint density at radius 2 is 2.26 bits per heavy atom. The third-order valence-corrected chi connectivity index (χ3v) is 3.76. The molecule has 3 N–H and O–H groups in total. The average molecular weight is 271 g/mol. The Balaban J connectivity index is 2.49. The molecule has 2 atom stereocenters. The number of carbonyl (C=O) groups excluding carboxylic acids is 1. The highest BCUT2D eigenvalue weighted by Crippen LogP contribution is 2.14. The topological polar surface area (TPSA) is 67.6 Å². The average Bonchev–Trinajstić information content (AvgIpc) is 2.35. The molecule has 0 spiro atoms. The molecule has 1 heterocycles. The Kier molecular flexibility index (Phi) is 6.23. The summed E-state index contributed by atoms with van der Waals surface area (Å²) < 4.78 is 5.65. The SMILES string of the molecule is CCC1CN(CCC(C)(NC(C)C)C(N)=O)CCO1. The van der Waals surface area contributed by atoms with Gasteiger partial charge in [0.05, 0.1) is 18.2 Å². The molecule has 2 unspecified atom stereocenters. The second-order valence-electron chi connectivity index (χ2n) is 5.95. The summed E-state index contributed by atoms with van der Waals surface area (Å²) in [5.41, 5.74) is 4.91. The molecule has 0 bridgehead atoms. The molecule has 0 aromatic carbocycles. The fourth-order valence-corrected chi connectivity index (χ4v) is 2.52. The molecule has 1 aliphatic rings. The van der Waals surface area contributed by atoms with E-state index in [1.165, 1.54) is 0 Å². The van der Waals surface area contributed by atoms with E-state index in [4.69, 9.17) is 10.5 Å². The van der Waals surface area contributed by atoms with Crippen molar-refractivity contribution in [2.45, 2.75) is 58.2 Å². The van der Waals surface area contributed by atoms with Crippen LogP contribution in [-0.4, -0.2) is 54.7 Å². The van der Waals surface area contributed by atoms with Crippen molar-refractivity contribution >= 4 is 5.91 Å². The lowest BCUT2D eigenvalue weighted by Gasteiger charge is -2.36. The van der Waals surface area contributed by atoms with Crippen molar-refractivity contribution in [3.63, 3.8) is 0 Å². The number of nitrogens with zero attached hydrogens (tertiary/aromatic N) is 1. The molecule has 0 saturated carbocycles. The number of ether oxygens (including phenoxy) is 1. The molecule has 112 valence electrons. The van der Waals surface area contributed by atoms with Crippen LogP contribution >= 0.6 is 0 Å². The first-order valence-corrected chi connectivity index (χ1v) is 7.29. The van der Waals surface area contributed by atoms with E-state index in [0.29, 0.717) is 6.10 Å². The molecule has 1 aliphatic heterocycles. The largest absolute Gasteiger partial charge is 0.376 e. The van der Waals surface area contributed by atoms with Crippen LogP contribution in [0.25, 0.3) is 0 Å². The number of primary amides is 1. The summed E-state index contributed by atoms with van der Waals surface area (Å²) in [5, 5.41) is 3.29. The highest BCUT2D eigenvalue weighted by molar-refractivity contribution is 5.84. The summed E-state index contributed by atoms with van der Waals surface area (Å²) in [6.07, 6.45) is 2.09. The Hall–Kier alpha value is -0.650. The Morgan fingerprint density at radius 1 is 1.58 bits per heavy atom. The quantitative estimate of drug-likeness (QED) is 0.716. The van der Waals surface area contributed by atoms with Crippen molar-refractivity contribution in [2.24, 2.45) is 5.73 Å². The zero-order valence-electron chi connectivity index (χ0n) is 12.7. The van der Waals surface area contributed by atoms with Crippen molar-refractivity contribution in [3.8, 4) is 0 Å². The maximum atomic E-state index is 11.7. The zero-order valence-corrected chi connectivity index (χ0v) is 12.7. The molecule has 5 heteroatoms. The maximum Gasteiger partial charge on any atom is 0.237 e. The summed E-state index contributed by atoms with van der Waals surface area (Å²) >= 11 is 0. The van der Waals surface area contributed by atoms with Gasteiger partial charge in [0, 0.05) is 25.7 Å². The number of hydrogen-bond acceptors (Lipinski definition) is 4. The van der Waals surface area contributed by atoms with Crippen LogP contribution < -0.4 is 11.1 Å². The van der Waals surface area contributed by atoms with Gasteiger partial charge in [-0.25, -0.2) is 0 Å². The predicted octanol–water partition coefficient (Wildman–Crippen LogP) is 0.729. The van der Waals surface area contributed by atoms with Crippen molar-refractivity contribution in [1.29, 1.82) is 0 Å². The lowest BCUT2D eigenvalue weighted by atomic mass is 9.95. The van der Waals surface area contributed by atoms with Gasteiger partial charge >= 0.3 is 0 Å². The number of carbonyl (C=O) groups is 1. The van der Waals surface area contributed by atoms with Crippen LogP contribution in [0.2, 0.25) is 0 Å². The number of nitrogens with one attached hydrogen (secondary N) is 1. The van der Waals surface area contributed by atoms with Crippen molar-refractivity contribution in [3.05, 3.63) is 0 Å². The van der Waals surface area contributed by atoms with Gasteiger partial charge in [0.1, 0.15) is 0 Å². The molecule has 19 heavy (non-hydrogen) atoms. The smallest absolute Gasteiger partial charge is 0.237 e. The van der Waals surface area contributed by atoms with Crippen LogP contribution in [0.4, 0.5) is 0 Å². The van der Waals surface area contributed by atoms with Gasteiger partial charge in [-0.05, 0) is 33.6 Å². The van der Waals surface area contributed by atoms with Gasteiger partial charge in [0.15, 0.2) is 0 Å². The normalized spacial score (nSPS) is 24.4. The molecule has 1 fully saturated rings. The number of hydrogen-bond donors (Lipinski definition) is 2. The molecule has 1 saturated heterocycles. The first-order chi connectivity index (χ1) is 8.87. The van der Waals surface area contributed by atoms with E-state index in [1.54, 1.807) is 0 Å². The Bertz CT molecular complexity index is 296. The minimum atomic E-state index is -0.631. The lowest BCUT2D eigenvalue weighted by molar-refractivity contribution is -0.124. The predicted molar refractivity (Wildman–Crippen MR) is 77.0 cm³/mol. The van der Waals surface area contributed by atoms with Crippen LogP contribution in [0.3, 0.4) is 0 Å². The summed E-state index contributed by atoms with van der Waals surface area (Å²) in [5.74, 6) is -0.276. The molecule has 0 aromatic heterocycles. The molecule has 5 nitrogen and oxygen atoms in total. The third kappa shape index (κ3) is 5.09. The van der Waals surface area contributed by atoms with Crippen LogP contribution in [-0.2, 0) is 9.53 Å². The van der Waals surface area contributed by atoms with Gasteiger partial charge in [-0.15, -0.1) is 0 Å². The monoisotopic (exact) mass is 271 g/mol. The minimum Gasteiger partial charge on any atom is -0.376 e. The van der Waals surface area contributed by atoms with E-state index < -0.39 is 5.54 Å². The second-order valence-corrected chi connectivity index (χ2v) is 5.95. The van der Waals surface area contributed by atoms with Crippen LogP contribution in [0, 0.1) is 0 Å². The minimum absolute atomic E-state index is 0.241. The van der Waals surface area contributed by atoms with Crippen molar-refractivity contribution in [1.82, 2.24) is 10.2 Å². The lowest BCUT2D eigenvalue weighted by Crippen LogP contribution is -2.57. The summed E-state index contributed by atoms with van der Waals surface area (Å²) in [4.78, 5) is 14.0. The first-order valence-electron chi connectivity index (χ1n) is 7.29. The van der Waals surface area contributed by atoms with Crippen molar-refractivity contribution < 1.29 is 9.53 Å². The van der Waals surface area contributed by atoms with E-state index in [9.17, 15) is 4.79 Å². The van der Waals surface area contributed by atoms with Gasteiger partial charge in [-0.3, -0.25) is 9.69 Å². The van der Waals surface area contributed by atoms with Gasteiger partial charge < -0.3 is 15.8 Å². The van der Waals surface area contributed by atoms with Gasteiger partial charge in [0.2, 0.25) is 5.91 Å². The standard InChI is InChI=1S/C14H29N3O2/c1-5-12-10-17(8-9-19-12)7-6-14(4,13(15)18)16-11(2)3/h11-12,16H,5-10H2,1-4H3,(H2,15,18). The highest BCUT2D eigenvalue weighted by Gasteiger charge is 2.32. The Labute approximate surface area is 116 Å². The van der Waals surface area contributed by atoms with E-state index in [2.05, 4.69) is 17.1 Å². The number of rotatable bonds is 7. The van der Waals surface area contributed by atoms with E-state index >= 15 is 0 Å². The fraction of sp³-hybridized carbons (Fsp3) is 0.929. The van der Waals surface area contributed by atoms with Gasteiger partial charge in [0.25, 0.3) is 0 Å². The summed E-state index contributed by atoms with van der Waals surface area (Å²) in [6.45, 7) is 11.6. The molecule has 0 radical (unpaired) electrons. The molecule has 1 rings (SSSR count). The molecule has 0 aromatic rings. The van der Waals surface area contributed by atoms with E-state index in [0.717, 1.165) is 39.1 Å². The van der Waals surface area contributed by atoms with Gasteiger partial charge in [-0.1, -0.05) is 6.92 Å². The van der Waals surface area contributed by atoms with Crippen molar-refractivity contribution in [2.75, 3.05) is 26.2 Å². The third-order valence-electron chi connectivity index (χ3n) is 3.76. The fourth-order valence-electron chi connectivity index (χ4n) is 2.52. The maximum absolute atomic E-state index is 11.7. The summed E-state index contributed by atoms with van der Waals surface area (Å²) in [6, 6.07) is 0.241. The van der Waals surface area contributed by atoms with Crippen LogP contribution in [0.5, 0.6) is 0 Å². The zero-order chi connectivity index (χ0) is 14.5. The summed E-state index contributed by atoms with van der Waals surface area (Å²) in [7, 11) is 0. The first kappa shape index (κ1) is 16.4. The highest BCUT2D eigenvalue weighted by atomic mass is 16.5. The van der Waals surface area contributed by atoms with Crippen LogP contribution in [0.15, 0.2) is 0 Å². The molecule has 1 amide bonds. The Morgan fingerprint density at radius 3 is 2.79 bits per heavy atom. The molecule has 0 aliphatic carbocycles. The molecular weight excluding hydrogens is 242 g/mol. The second kappa shape index (κ2) is 7.22. The molecular formula is C14H29N3O2. The van der Waals surface area contributed by atoms with Gasteiger partial charge in [-0.2, -0.15) is 0 Å².